The Kier molecular flexibility index (Phi) is 11.4. The van der Waals surface area contributed by atoms with Gasteiger partial charge < -0.3 is 34.1 Å². The first-order valence-electron chi connectivity index (χ1n) is 28.7. The highest BCUT2D eigenvalue weighted by Gasteiger charge is 2.51. The topological polar surface area (TPSA) is 196 Å². The summed E-state index contributed by atoms with van der Waals surface area (Å²) in [6.07, 6.45) is 17.3. The van der Waals surface area contributed by atoms with E-state index in [0.717, 1.165) is 122 Å². The average Bonchev–Trinajstić information content (AvgIpc) is 4.55. The summed E-state index contributed by atoms with van der Waals surface area (Å²) in [5.41, 5.74) is 3.87. The minimum Gasteiger partial charge on any atom is -0.508 e. The summed E-state index contributed by atoms with van der Waals surface area (Å²) in [4.78, 5) is 43.0. The van der Waals surface area contributed by atoms with Crippen LogP contribution in [0.4, 0.5) is 20.4 Å². The van der Waals surface area contributed by atoms with Gasteiger partial charge in [-0.1, -0.05) is 42.5 Å². The summed E-state index contributed by atoms with van der Waals surface area (Å²) in [6, 6.07) is 20.2. The Balaban J connectivity index is 0.735. The molecule has 6 aliphatic rings. The molecule has 18 nitrogen and oxygen atoms in total. The molecule has 0 amide bonds. The Bertz CT molecular complexity index is 4220. The van der Waals surface area contributed by atoms with Gasteiger partial charge in [-0.15, -0.1) is 0 Å². The van der Waals surface area contributed by atoms with E-state index in [1.165, 1.54) is 6.07 Å². The van der Waals surface area contributed by atoms with Gasteiger partial charge in [-0.3, -0.25) is 24.9 Å². The number of hydrogen-bond acceptors (Lipinski definition) is 16. The van der Waals surface area contributed by atoms with E-state index in [4.69, 9.17) is 34.4 Å². The minimum absolute atomic E-state index is 0.000190. The smallest absolute Gasteiger partial charge is 0.319 e. The van der Waals surface area contributed by atoms with Crippen molar-refractivity contribution in [2.24, 2.45) is 0 Å². The molecule has 4 fully saturated rings. The summed E-state index contributed by atoms with van der Waals surface area (Å²) in [7, 11) is 0. The van der Waals surface area contributed by atoms with Gasteiger partial charge in [0.25, 0.3) is 0 Å². The number of H-pyrrole nitrogens is 1. The molecule has 3 N–H and O–H groups in total. The Morgan fingerprint density at radius 1 is 0.622 bits per heavy atom. The van der Waals surface area contributed by atoms with Crippen LogP contribution in [0.2, 0.25) is 0 Å². The molecule has 2 atom stereocenters. The van der Waals surface area contributed by atoms with E-state index in [-0.39, 0.29) is 64.1 Å². The number of hydrogen-bond donors (Lipinski definition) is 3. The first kappa shape index (κ1) is 49.2. The monoisotopic (exact) mass is 1100 g/mol. The third-order valence-electron chi connectivity index (χ3n) is 18.8. The van der Waals surface area contributed by atoms with Gasteiger partial charge in [0.1, 0.15) is 64.6 Å². The molecule has 6 aliphatic heterocycles. The van der Waals surface area contributed by atoms with E-state index in [0.29, 0.717) is 72.9 Å². The number of nitrogens with one attached hydrogen (secondary N) is 1. The molecular weight excluding hydrogens is 1040 g/mol. The number of aromatic amines is 1. The van der Waals surface area contributed by atoms with Crippen molar-refractivity contribution < 1.29 is 28.5 Å². The van der Waals surface area contributed by atoms with Crippen molar-refractivity contribution in [3.63, 3.8) is 0 Å². The van der Waals surface area contributed by atoms with Crippen LogP contribution in [0.15, 0.2) is 97.7 Å². The zero-order valence-electron chi connectivity index (χ0n) is 45.0. The highest BCUT2D eigenvalue weighted by Crippen LogP contribution is 2.51. The predicted octanol–water partition coefficient (Wildman–Crippen LogP) is 9.95. The number of anilines is 2. The molecule has 82 heavy (non-hydrogen) atoms. The molecule has 16 rings (SSSR count). The number of phenols is 2. The van der Waals surface area contributed by atoms with Gasteiger partial charge in [0.05, 0.1) is 34.6 Å². The highest BCUT2D eigenvalue weighted by molar-refractivity contribution is 6.02. The van der Waals surface area contributed by atoms with Crippen LogP contribution in [0, 0.1) is 11.6 Å². The third-order valence-corrected chi connectivity index (χ3v) is 18.8. The van der Waals surface area contributed by atoms with Crippen LogP contribution in [0.1, 0.15) is 80.1 Å². The van der Waals surface area contributed by atoms with Crippen LogP contribution in [0.3, 0.4) is 0 Å². The van der Waals surface area contributed by atoms with Gasteiger partial charge in [-0.05, 0) is 122 Å². The first-order chi connectivity index (χ1) is 40.2. The molecule has 10 aromatic rings. The molecule has 0 radical (unpaired) electrons. The summed E-state index contributed by atoms with van der Waals surface area (Å²) >= 11 is 0. The molecule has 0 bridgehead atoms. The number of nitrogens with zero attached hydrogens (tertiary/aromatic N) is 13. The van der Waals surface area contributed by atoms with Crippen LogP contribution < -0.4 is 19.3 Å². The third kappa shape index (κ3) is 7.91. The van der Waals surface area contributed by atoms with E-state index < -0.39 is 17.2 Å². The fourth-order valence-corrected chi connectivity index (χ4v) is 14.8. The van der Waals surface area contributed by atoms with Crippen molar-refractivity contribution in [3.05, 3.63) is 132 Å². The normalized spacial score (nSPS) is 20.5. The van der Waals surface area contributed by atoms with E-state index in [2.05, 4.69) is 50.4 Å². The van der Waals surface area contributed by atoms with Gasteiger partial charge in [0.2, 0.25) is 0 Å². The molecular formula is C62H58F2N14O4. The number of aromatic hydroxyl groups is 2. The fraction of sp³-hybridized carbons (Fsp3) is 0.355. The number of pyridine rings is 2. The van der Waals surface area contributed by atoms with Crippen LogP contribution in [0.25, 0.3) is 65.9 Å². The standard InChI is InChI=1S/C62H58F2N14O4/c63-51-53(44-27-38(79)25-36-7-1-2-8-40(36)44)66-31-47-56(51)70-60(72-58(47)76-24-23-74-22-17-65-50(74)33-76)82-35-62-15-6-20-78(62)49(11-16-62)42-10-3-9-41-43(42)26-39(80)28-45(41)54-52(64)55-46(30-67-54)57(75-21-12-48-37(32-75)29-68-73-48)71-59(69-55)81-34-61-13-4-18-77(61)19-5-14-61/h1-3,7-10,17,22,25-31,49,79-80H,4-6,11-16,18-21,23-24,32-35H2,(H,68,73). The van der Waals surface area contributed by atoms with Gasteiger partial charge in [-0.25, -0.2) is 13.8 Å². The molecule has 4 saturated heterocycles. The number of ether oxygens (including phenoxy) is 2. The van der Waals surface area contributed by atoms with Crippen LogP contribution in [-0.4, -0.2) is 127 Å². The lowest BCUT2D eigenvalue weighted by Gasteiger charge is -2.35. The molecule has 20 heteroatoms. The van der Waals surface area contributed by atoms with Crippen LogP contribution in [0.5, 0.6) is 23.5 Å². The minimum atomic E-state index is -0.641. The number of benzene rings is 4. The van der Waals surface area contributed by atoms with E-state index >= 15 is 8.78 Å². The number of aromatic nitrogens is 10. The maximum atomic E-state index is 17.8. The molecule has 0 saturated carbocycles. The summed E-state index contributed by atoms with van der Waals surface area (Å²) in [5.74, 6) is 0.647. The molecule has 6 aromatic heterocycles. The van der Waals surface area contributed by atoms with E-state index in [1.807, 2.05) is 48.8 Å². The summed E-state index contributed by atoms with van der Waals surface area (Å²) in [5, 5.41) is 33.8. The second-order valence-corrected chi connectivity index (χ2v) is 23.3. The Labute approximate surface area is 469 Å². The number of fused-ring (bicyclic) bond motifs is 8. The SMILES string of the molecule is Oc1cc(-c2ncc3c(N4CCn5ccnc5C4)nc(OCC45CCCN4C(c4cccc6c(-c7ncc8c(N9CCc%10[nH]ncc%10C9)nc(OCC9%10CCCN9CCC%10)nc8c7F)cc(O)cc46)CC5)nc3c2F)c2ccccc2c1. The number of rotatable bonds is 11. The Hall–Kier alpha value is -8.62. The maximum Gasteiger partial charge on any atom is 0.319 e. The maximum absolute atomic E-state index is 17.8. The zero-order chi connectivity index (χ0) is 54.8. The largest absolute Gasteiger partial charge is 0.508 e. The van der Waals surface area contributed by atoms with Gasteiger partial charge in [-0.2, -0.15) is 25.0 Å². The second-order valence-electron chi connectivity index (χ2n) is 23.3. The molecule has 0 aliphatic carbocycles. The van der Waals surface area contributed by atoms with Crippen molar-refractivity contribution in [1.82, 2.24) is 59.5 Å². The van der Waals surface area contributed by atoms with Crippen molar-refractivity contribution in [2.45, 2.75) is 94.5 Å². The van der Waals surface area contributed by atoms with Crippen molar-refractivity contribution in [1.29, 1.82) is 0 Å². The molecule has 414 valence electrons. The number of phenolic OH excluding ortho intramolecular Hbond substituents is 2. The molecule has 12 heterocycles. The van der Waals surface area contributed by atoms with Crippen molar-refractivity contribution in [3.8, 4) is 46.0 Å². The predicted molar refractivity (Wildman–Crippen MR) is 305 cm³/mol. The first-order valence-corrected chi connectivity index (χ1v) is 28.7. The average molecular weight is 1100 g/mol. The Morgan fingerprint density at radius 2 is 1.29 bits per heavy atom. The Morgan fingerprint density at radius 3 is 2.06 bits per heavy atom. The van der Waals surface area contributed by atoms with E-state index in [1.54, 1.807) is 36.8 Å². The number of imidazole rings is 1. The lowest BCUT2D eigenvalue weighted by Crippen LogP contribution is -2.44. The van der Waals surface area contributed by atoms with Crippen LogP contribution >= 0.6 is 0 Å². The molecule has 4 aromatic carbocycles. The van der Waals surface area contributed by atoms with Gasteiger partial charge in [0.15, 0.2) is 11.6 Å². The van der Waals surface area contributed by atoms with E-state index in [9.17, 15) is 10.2 Å². The van der Waals surface area contributed by atoms with Gasteiger partial charge in [0, 0.05) is 85.8 Å². The zero-order valence-corrected chi connectivity index (χ0v) is 45.0. The highest BCUT2D eigenvalue weighted by atomic mass is 19.1. The van der Waals surface area contributed by atoms with Crippen LogP contribution in [-0.2, 0) is 26.1 Å². The lowest BCUT2D eigenvalue weighted by molar-refractivity contribution is 0.0849. The molecule has 0 spiro atoms. The molecule has 2 unspecified atom stereocenters. The second kappa shape index (κ2) is 19.0. The van der Waals surface area contributed by atoms with Crippen molar-refractivity contribution >= 4 is 55.0 Å². The quantitative estimate of drug-likeness (QED) is 0.111. The fourth-order valence-electron chi connectivity index (χ4n) is 14.8. The van der Waals surface area contributed by atoms with Crippen molar-refractivity contribution in [2.75, 3.05) is 55.7 Å². The number of halogens is 2. The van der Waals surface area contributed by atoms with Gasteiger partial charge >= 0.3 is 12.0 Å². The lowest BCUT2D eigenvalue weighted by atomic mass is 9.92. The summed E-state index contributed by atoms with van der Waals surface area (Å²) in [6.45, 7) is 6.46. The summed E-state index contributed by atoms with van der Waals surface area (Å²) < 4.78 is 50.6.